The largest absolute Gasteiger partial charge is 0.609 e. The van der Waals surface area contributed by atoms with Gasteiger partial charge in [0.25, 0.3) is 5.56 Å². The van der Waals surface area contributed by atoms with E-state index in [1.165, 1.54) is 0 Å². The Balaban J connectivity index is 2.30. The Morgan fingerprint density at radius 3 is 2.76 bits per heavy atom. The van der Waals surface area contributed by atoms with E-state index < -0.39 is 11.2 Å². The van der Waals surface area contributed by atoms with Crippen LogP contribution in [-0.2, 0) is 17.6 Å². The molecule has 0 bridgehead atoms. The number of rotatable bonds is 3. The van der Waals surface area contributed by atoms with E-state index in [9.17, 15) is 9.35 Å². The van der Waals surface area contributed by atoms with Gasteiger partial charge in [-0.2, -0.15) is 9.97 Å². The van der Waals surface area contributed by atoms with Crippen LogP contribution in [0.2, 0.25) is 0 Å². The van der Waals surface area contributed by atoms with E-state index in [2.05, 4.69) is 9.97 Å². The summed E-state index contributed by atoms with van der Waals surface area (Å²) >= 11 is -1.25. The molecular weight excluding hydrogens is 286 g/mol. The molecule has 0 saturated heterocycles. The summed E-state index contributed by atoms with van der Waals surface area (Å²) in [6.07, 6.45) is 8.25. The third-order valence-electron chi connectivity index (χ3n) is 4.15. The van der Waals surface area contributed by atoms with Crippen LogP contribution in [0.4, 0.5) is 0 Å². The summed E-state index contributed by atoms with van der Waals surface area (Å²) in [4.78, 5) is 21.3. The predicted octanol–water partition coefficient (Wildman–Crippen LogP) is 2.21. The first-order valence-corrected chi connectivity index (χ1v) is 8.92. The second-order valence-electron chi connectivity index (χ2n) is 5.52. The number of fused-ring (bicyclic) bond motifs is 1. The van der Waals surface area contributed by atoms with Crippen LogP contribution in [0, 0.1) is 0 Å². The third-order valence-corrected chi connectivity index (χ3v) is 4.86. The molecule has 1 atom stereocenters. The van der Waals surface area contributed by atoms with Gasteiger partial charge >= 0.3 is 5.16 Å². The molecule has 2 heterocycles. The van der Waals surface area contributed by atoms with Gasteiger partial charge in [0.15, 0.2) is 5.65 Å². The predicted molar refractivity (Wildman–Crippen MR) is 83.0 cm³/mol. The SMILES string of the molecule is CCc1cc2cnc([S+](C)[O-])nc2n(C2CCCC2)c1=O. The molecule has 1 saturated carbocycles. The van der Waals surface area contributed by atoms with Gasteiger partial charge in [-0.1, -0.05) is 19.8 Å². The molecule has 1 aliphatic carbocycles. The Bertz CT molecular complexity index is 721. The van der Waals surface area contributed by atoms with E-state index >= 15 is 0 Å². The van der Waals surface area contributed by atoms with Gasteiger partial charge in [0.05, 0.1) is 0 Å². The van der Waals surface area contributed by atoms with Crippen LogP contribution in [0.1, 0.15) is 44.2 Å². The van der Waals surface area contributed by atoms with Crippen molar-refractivity contribution in [2.45, 2.75) is 50.2 Å². The van der Waals surface area contributed by atoms with E-state index in [4.69, 9.17) is 0 Å². The molecule has 112 valence electrons. The topological polar surface area (TPSA) is 70.8 Å². The van der Waals surface area contributed by atoms with Gasteiger partial charge in [-0.25, -0.2) is 0 Å². The highest BCUT2D eigenvalue weighted by Crippen LogP contribution is 2.30. The van der Waals surface area contributed by atoms with E-state index in [0.29, 0.717) is 12.1 Å². The molecule has 0 aromatic carbocycles. The van der Waals surface area contributed by atoms with Crippen molar-refractivity contribution in [3.05, 3.63) is 28.2 Å². The molecule has 5 nitrogen and oxygen atoms in total. The Labute approximate surface area is 126 Å². The van der Waals surface area contributed by atoms with Crippen LogP contribution >= 0.6 is 0 Å². The minimum absolute atomic E-state index is 0.0448. The van der Waals surface area contributed by atoms with Crippen LogP contribution in [0.3, 0.4) is 0 Å². The van der Waals surface area contributed by atoms with Crippen molar-refractivity contribution < 1.29 is 4.55 Å². The van der Waals surface area contributed by atoms with Crippen molar-refractivity contribution in [3.8, 4) is 0 Å². The molecule has 1 unspecified atom stereocenters. The Morgan fingerprint density at radius 2 is 2.14 bits per heavy atom. The molecular formula is C15H19N3O2S. The number of hydrogen-bond donors (Lipinski definition) is 0. The third kappa shape index (κ3) is 2.58. The van der Waals surface area contributed by atoms with E-state index in [1.54, 1.807) is 12.5 Å². The van der Waals surface area contributed by atoms with Gasteiger partial charge in [-0.15, -0.1) is 0 Å². The van der Waals surface area contributed by atoms with Gasteiger partial charge in [-0.3, -0.25) is 9.36 Å². The van der Waals surface area contributed by atoms with Gasteiger partial charge in [0.1, 0.15) is 6.26 Å². The van der Waals surface area contributed by atoms with Crippen LogP contribution in [0.15, 0.2) is 22.2 Å². The molecule has 2 aromatic heterocycles. The van der Waals surface area contributed by atoms with Crippen LogP contribution < -0.4 is 5.56 Å². The zero-order chi connectivity index (χ0) is 15.0. The zero-order valence-electron chi connectivity index (χ0n) is 12.3. The van der Waals surface area contributed by atoms with Crippen molar-refractivity contribution in [2.75, 3.05) is 6.26 Å². The molecule has 21 heavy (non-hydrogen) atoms. The minimum atomic E-state index is -1.25. The summed E-state index contributed by atoms with van der Waals surface area (Å²) in [7, 11) is 0. The molecule has 3 rings (SSSR count). The van der Waals surface area contributed by atoms with Crippen molar-refractivity contribution in [3.63, 3.8) is 0 Å². The van der Waals surface area contributed by atoms with Gasteiger partial charge in [0.2, 0.25) is 0 Å². The van der Waals surface area contributed by atoms with Crippen molar-refractivity contribution in [1.29, 1.82) is 0 Å². The standard InChI is InChI=1S/C15H19N3O2S/c1-3-10-8-11-9-16-15(21(2)20)17-13(11)18(14(10)19)12-6-4-5-7-12/h8-9,12H,3-7H2,1-2H3. The lowest BCUT2D eigenvalue weighted by Crippen LogP contribution is -2.27. The van der Waals surface area contributed by atoms with Gasteiger partial charge < -0.3 is 4.55 Å². The Kier molecular flexibility index (Phi) is 3.99. The van der Waals surface area contributed by atoms with Crippen LogP contribution in [0.5, 0.6) is 0 Å². The van der Waals surface area contributed by atoms with E-state index in [-0.39, 0.29) is 16.8 Å². The summed E-state index contributed by atoms with van der Waals surface area (Å²) in [5, 5.41) is 1.14. The number of pyridine rings is 1. The average molecular weight is 305 g/mol. The molecule has 2 aromatic rings. The molecule has 0 amide bonds. The molecule has 0 spiro atoms. The fourth-order valence-corrected chi connectivity index (χ4v) is 3.47. The summed E-state index contributed by atoms with van der Waals surface area (Å²) < 4.78 is 13.4. The normalized spacial score (nSPS) is 17.5. The van der Waals surface area contributed by atoms with Gasteiger partial charge in [0, 0.05) is 34.4 Å². The molecule has 1 fully saturated rings. The molecule has 0 radical (unpaired) electrons. The number of aromatic nitrogens is 3. The molecule has 0 aliphatic heterocycles. The maximum absolute atomic E-state index is 12.7. The van der Waals surface area contributed by atoms with Crippen molar-refractivity contribution >= 4 is 22.2 Å². The van der Waals surface area contributed by atoms with Crippen molar-refractivity contribution in [1.82, 2.24) is 14.5 Å². The average Bonchev–Trinajstić information content (AvgIpc) is 2.99. The van der Waals surface area contributed by atoms with E-state index in [0.717, 1.165) is 36.6 Å². The van der Waals surface area contributed by atoms with Crippen LogP contribution in [0.25, 0.3) is 11.0 Å². The van der Waals surface area contributed by atoms with E-state index in [1.807, 2.05) is 17.6 Å². The maximum atomic E-state index is 12.7. The highest BCUT2D eigenvalue weighted by molar-refractivity contribution is 7.90. The highest BCUT2D eigenvalue weighted by atomic mass is 32.2. The lowest BCUT2D eigenvalue weighted by molar-refractivity contribution is 0.511. The second-order valence-corrected chi connectivity index (χ2v) is 6.80. The molecule has 1 aliphatic rings. The number of nitrogens with zero attached hydrogens (tertiary/aromatic N) is 3. The quantitative estimate of drug-likeness (QED) is 0.644. The zero-order valence-corrected chi connectivity index (χ0v) is 13.2. The highest BCUT2D eigenvalue weighted by Gasteiger charge is 2.23. The summed E-state index contributed by atoms with van der Waals surface area (Å²) in [6, 6.07) is 2.07. The number of aryl methyl sites for hydroxylation is 1. The first-order chi connectivity index (χ1) is 10.1. The first-order valence-electron chi connectivity index (χ1n) is 7.36. The Hall–Kier alpha value is -1.40. The fraction of sp³-hybridized carbons (Fsp3) is 0.533. The Morgan fingerprint density at radius 1 is 1.43 bits per heavy atom. The van der Waals surface area contributed by atoms with Crippen molar-refractivity contribution in [2.24, 2.45) is 0 Å². The summed E-state index contributed by atoms with van der Waals surface area (Å²) in [6.45, 7) is 1.98. The van der Waals surface area contributed by atoms with Gasteiger partial charge in [-0.05, 0) is 25.3 Å². The molecule has 6 heteroatoms. The smallest absolute Gasteiger partial charge is 0.344 e. The summed E-state index contributed by atoms with van der Waals surface area (Å²) in [5.41, 5.74) is 1.47. The molecule has 0 N–H and O–H groups in total. The lowest BCUT2D eigenvalue weighted by atomic mass is 10.1. The monoisotopic (exact) mass is 305 g/mol. The fourth-order valence-electron chi connectivity index (χ4n) is 3.05. The summed E-state index contributed by atoms with van der Waals surface area (Å²) in [5.74, 6) is 0. The minimum Gasteiger partial charge on any atom is -0.609 e. The van der Waals surface area contributed by atoms with Crippen LogP contribution in [-0.4, -0.2) is 25.3 Å². The maximum Gasteiger partial charge on any atom is 0.344 e. The first kappa shape index (κ1) is 14.5. The lowest BCUT2D eigenvalue weighted by Gasteiger charge is -2.17. The second kappa shape index (κ2) is 5.77. The number of hydrogen-bond acceptors (Lipinski definition) is 4.